The van der Waals surface area contributed by atoms with E-state index in [4.69, 9.17) is 23.6 Å². The largest absolute Gasteiger partial charge is 0.857 e. The van der Waals surface area contributed by atoms with Crippen molar-refractivity contribution in [1.82, 2.24) is 4.90 Å². The third kappa shape index (κ3) is 66.6. The number of quaternary nitrogens is 1. The summed E-state index contributed by atoms with van der Waals surface area (Å²) in [5.41, 5.74) is 0. The lowest BCUT2D eigenvalue weighted by Crippen LogP contribution is -2.37. The predicted octanol–water partition coefficient (Wildman–Crippen LogP) is 10.3. The molecule has 0 aromatic heterocycles. The van der Waals surface area contributed by atoms with Gasteiger partial charge in [0, 0.05) is 12.8 Å². The molecule has 0 aromatic carbocycles. The molecular formula is C53H110N2O15P2-2. The molecule has 0 radical (unpaired) electrons. The number of nitrogens with zero attached hydrogens (tertiary/aromatic N) is 2. The normalized spacial score (nSPS) is 13.7. The van der Waals surface area contributed by atoms with Crippen molar-refractivity contribution in [3.63, 3.8) is 0 Å². The summed E-state index contributed by atoms with van der Waals surface area (Å²) in [6.45, 7) is 6.13. The van der Waals surface area contributed by atoms with Gasteiger partial charge in [0.15, 0.2) is 0 Å². The van der Waals surface area contributed by atoms with E-state index in [0.29, 0.717) is 11.0 Å². The van der Waals surface area contributed by atoms with Gasteiger partial charge in [-0.3, -0.25) is 18.7 Å². The highest BCUT2D eigenvalue weighted by atomic mass is 31.2. The minimum Gasteiger partial charge on any atom is -0.857 e. The van der Waals surface area contributed by atoms with Gasteiger partial charge in [0.2, 0.25) is 0 Å². The summed E-state index contributed by atoms with van der Waals surface area (Å²) >= 11 is 0. The molecule has 0 aromatic rings. The van der Waals surface area contributed by atoms with Gasteiger partial charge in [-0.05, 0) is 34.0 Å². The number of unbranched alkanes of at least 4 members (excludes halogenated alkanes) is 28. The molecule has 2 N–H and O–H groups in total. The zero-order valence-corrected chi connectivity index (χ0v) is 49.1. The number of esters is 2. The minimum absolute atomic E-state index is 0.00689. The Morgan fingerprint density at radius 3 is 1.04 bits per heavy atom. The number of phosphoric ester groups is 2. The topological polar surface area (TPSA) is 237 Å². The fourth-order valence-corrected chi connectivity index (χ4v) is 8.27. The zero-order valence-electron chi connectivity index (χ0n) is 47.3. The first-order chi connectivity index (χ1) is 34.3. The van der Waals surface area contributed by atoms with Crippen LogP contribution in [0.4, 0.5) is 0 Å². The van der Waals surface area contributed by atoms with Crippen LogP contribution in [-0.4, -0.2) is 133 Å². The molecule has 4 unspecified atom stereocenters. The lowest BCUT2D eigenvalue weighted by atomic mass is 10.0. The van der Waals surface area contributed by atoms with Crippen LogP contribution in [0.15, 0.2) is 12.8 Å². The maximum absolute atomic E-state index is 12.0. The Morgan fingerprint density at radius 2 is 0.792 bits per heavy atom. The quantitative estimate of drug-likeness (QED) is 0.0189. The van der Waals surface area contributed by atoms with Crippen LogP contribution in [0.1, 0.15) is 219 Å². The molecule has 0 saturated carbocycles. The second-order valence-electron chi connectivity index (χ2n) is 19.9. The summed E-state index contributed by atoms with van der Waals surface area (Å²) < 4.78 is 52.1. The Balaban J connectivity index is -0.000000581. The monoisotopic (exact) mass is 1080 g/mol. The first-order valence-corrected chi connectivity index (χ1v) is 30.5. The lowest BCUT2D eigenvalue weighted by molar-refractivity contribution is -0.870. The third-order valence-electron chi connectivity index (χ3n) is 11.0. The van der Waals surface area contributed by atoms with Gasteiger partial charge in [-0.2, -0.15) is 7.11 Å². The molecule has 0 spiro atoms. The molecule has 0 aliphatic rings. The standard InChI is InChI=1S/C26H54NO7P.C23H45O7P.C3H9N.CH3O/c1-5-6-7-8-9-10-11-12-13-14-15-16-17-18-19-20-26(29)34-25(23-28)24-33-35(30,31)32-22-21-27(2,3)4;1-3-5-6-7-8-9-10-11-12-13-14-15-16-17-18-19-23(25)30-22(20-24)21-29-31(26,27)28-4-2;1-4(2)3;1-2/h25,28H,5-24H2,1-4H3;4,22,24H,2-3,5-21H2,1H3,(H,26,27);1-3H3;1H3/q;;;-1/p-1. The van der Waals surface area contributed by atoms with Gasteiger partial charge in [-0.15, -0.1) is 0 Å². The van der Waals surface area contributed by atoms with Gasteiger partial charge in [0.05, 0.1) is 53.8 Å². The van der Waals surface area contributed by atoms with Gasteiger partial charge < -0.3 is 62.1 Å². The summed E-state index contributed by atoms with van der Waals surface area (Å²) in [6.07, 6.45) is 36.7. The van der Waals surface area contributed by atoms with Crippen LogP contribution >= 0.6 is 15.6 Å². The average molecular weight is 1080 g/mol. The van der Waals surface area contributed by atoms with Crippen LogP contribution in [0.2, 0.25) is 0 Å². The molecule has 0 fully saturated rings. The molecule has 0 aliphatic heterocycles. The Morgan fingerprint density at radius 1 is 0.528 bits per heavy atom. The Kier molecular flexibility index (Phi) is 59.7. The molecule has 434 valence electrons. The Hall–Kier alpha value is -1.46. The fraction of sp³-hybridized carbons (Fsp3) is 0.925. The molecule has 0 bridgehead atoms. The number of hydrogen-bond donors (Lipinski definition) is 2. The molecule has 0 aliphatic carbocycles. The van der Waals surface area contributed by atoms with Gasteiger partial charge in [-0.25, -0.2) is 0 Å². The fourth-order valence-electron chi connectivity index (χ4n) is 6.95. The van der Waals surface area contributed by atoms with E-state index in [2.05, 4.69) is 29.5 Å². The predicted molar refractivity (Wildman–Crippen MR) is 286 cm³/mol. The number of carbonyl (C=O) groups excluding carboxylic acids is 2. The number of hydrogen-bond acceptors (Lipinski definition) is 16. The van der Waals surface area contributed by atoms with Gasteiger partial charge in [0.1, 0.15) is 25.4 Å². The van der Waals surface area contributed by atoms with Crippen molar-refractivity contribution < 1.29 is 75.9 Å². The van der Waals surface area contributed by atoms with Crippen LogP contribution in [0.5, 0.6) is 0 Å². The molecule has 0 amide bonds. The SMILES string of the molecule is C=COP(=O)([O-])OCC(CO)OC(=O)CCCCCCCCCCCCCCCCC.CCCCCCCCCCCCCCCCCC(=O)OC(CO)COP(=O)([O-])OCC[N+](C)(C)C.CN(C)C.C[O-]. The van der Waals surface area contributed by atoms with Crippen molar-refractivity contribution in [2.24, 2.45) is 0 Å². The van der Waals surface area contributed by atoms with E-state index in [0.717, 1.165) is 51.9 Å². The van der Waals surface area contributed by atoms with Gasteiger partial charge in [-0.1, -0.05) is 200 Å². The summed E-state index contributed by atoms with van der Waals surface area (Å²) in [6, 6.07) is 0. The van der Waals surface area contributed by atoms with E-state index < -0.39 is 66.2 Å². The second kappa shape index (κ2) is 55.8. The third-order valence-corrected chi connectivity index (χ3v) is 12.9. The minimum atomic E-state index is -4.53. The van der Waals surface area contributed by atoms with Gasteiger partial charge in [0.25, 0.3) is 7.82 Å². The number of ether oxygens (including phenoxy) is 2. The van der Waals surface area contributed by atoms with Crippen molar-refractivity contribution in [1.29, 1.82) is 0 Å². The number of carbonyl (C=O) groups is 2. The number of rotatable bonds is 48. The van der Waals surface area contributed by atoms with E-state index in [1.165, 1.54) is 154 Å². The van der Waals surface area contributed by atoms with Crippen molar-refractivity contribution in [3.8, 4) is 0 Å². The molecule has 0 heterocycles. The van der Waals surface area contributed by atoms with E-state index in [-0.39, 0.29) is 19.4 Å². The smallest absolute Gasteiger partial charge is 0.319 e. The number of likely N-dealkylation sites (N-methyl/N-ethyl adjacent to an activating group) is 1. The van der Waals surface area contributed by atoms with Crippen LogP contribution < -0.4 is 14.9 Å². The van der Waals surface area contributed by atoms with E-state index in [1.54, 1.807) is 0 Å². The van der Waals surface area contributed by atoms with Crippen LogP contribution in [0, 0.1) is 0 Å². The van der Waals surface area contributed by atoms with Crippen LogP contribution in [0.3, 0.4) is 0 Å². The number of phosphoric acid groups is 2. The number of aliphatic hydroxyl groups excluding tert-OH is 2. The highest BCUT2D eigenvalue weighted by molar-refractivity contribution is 7.46. The first kappa shape index (κ1) is 77.0. The molecule has 17 nitrogen and oxygen atoms in total. The van der Waals surface area contributed by atoms with Crippen molar-refractivity contribution in [2.45, 2.75) is 232 Å². The summed E-state index contributed by atoms with van der Waals surface area (Å²) in [5.74, 6) is -0.920. The molecular weight excluding hydrogens is 967 g/mol. The maximum Gasteiger partial charge on any atom is 0.319 e. The highest BCUT2D eigenvalue weighted by Crippen LogP contribution is 2.39. The van der Waals surface area contributed by atoms with Crippen LogP contribution in [-0.2, 0) is 46.3 Å². The first-order valence-electron chi connectivity index (χ1n) is 27.6. The molecule has 19 heteroatoms. The maximum atomic E-state index is 12.0. The Labute approximate surface area is 440 Å². The van der Waals surface area contributed by atoms with E-state index in [9.17, 15) is 38.7 Å². The van der Waals surface area contributed by atoms with Gasteiger partial charge >= 0.3 is 19.8 Å². The van der Waals surface area contributed by atoms with Crippen LogP contribution in [0.25, 0.3) is 0 Å². The van der Waals surface area contributed by atoms with E-state index in [1.807, 2.05) is 47.2 Å². The van der Waals surface area contributed by atoms with Crippen molar-refractivity contribution >= 4 is 27.6 Å². The zero-order chi connectivity index (χ0) is 55.2. The number of aliphatic hydroxyl groups is 2. The Bertz CT molecular complexity index is 1270. The summed E-state index contributed by atoms with van der Waals surface area (Å²) in [7, 11) is 3.47. The molecule has 4 atom stereocenters. The second-order valence-corrected chi connectivity index (χ2v) is 22.7. The average Bonchev–Trinajstić information content (AvgIpc) is 3.31. The summed E-state index contributed by atoms with van der Waals surface area (Å²) in [4.78, 5) is 48.9. The summed E-state index contributed by atoms with van der Waals surface area (Å²) in [5, 5.41) is 26.8. The molecule has 72 heavy (non-hydrogen) atoms. The highest BCUT2D eigenvalue weighted by Gasteiger charge is 2.20. The van der Waals surface area contributed by atoms with Crippen molar-refractivity contribution in [3.05, 3.63) is 12.8 Å². The lowest BCUT2D eigenvalue weighted by Gasteiger charge is -2.28. The van der Waals surface area contributed by atoms with E-state index >= 15 is 0 Å². The van der Waals surface area contributed by atoms with Crippen molar-refractivity contribution in [2.75, 3.05) is 89.0 Å². The molecule has 0 saturated heterocycles. The molecule has 0 rings (SSSR count).